The summed E-state index contributed by atoms with van der Waals surface area (Å²) in [6.45, 7) is 8.55. The molecular formula is C29H34O11. The van der Waals surface area contributed by atoms with E-state index in [1.165, 1.54) is 6.92 Å². The lowest BCUT2D eigenvalue weighted by Crippen LogP contribution is -2.65. The molecule has 40 heavy (non-hydrogen) atoms. The Bertz CT molecular complexity index is 1370. The quantitative estimate of drug-likeness (QED) is 0.407. The van der Waals surface area contributed by atoms with Crippen molar-refractivity contribution in [3.05, 3.63) is 11.6 Å². The second-order valence-electron chi connectivity index (χ2n) is 14.4. The van der Waals surface area contributed by atoms with Crippen molar-refractivity contribution in [3.63, 3.8) is 0 Å². The van der Waals surface area contributed by atoms with E-state index in [0.29, 0.717) is 12.0 Å². The van der Waals surface area contributed by atoms with Crippen LogP contribution in [0.25, 0.3) is 0 Å². The van der Waals surface area contributed by atoms with Crippen LogP contribution < -0.4 is 0 Å². The summed E-state index contributed by atoms with van der Waals surface area (Å²) in [4.78, 5) is 54.1. The molecule has 8 rings (SSSR count). The molecule has 0 amide bonds. The Morgan fingerprint density at radius 3 is 2.45 bits per heavy atom. The van der Waals surface area contributed by atoms with Gasteiger partial charge in [0.2, 0.25) is 17.4 Å². The van der Waals surface area contributed by atoms with Crippen molar-refractivity contribution < 1.29 is 53.1 Å². The molecule has 11 heteroatoms. The number of esters is 2. The van der Waals surface area contributed by atoms with Crippen LogP contribution in [0.2, 0.25) is 0 Å². The summed E-state index contributed by atoms with van der Waals surface area (Å²) >= 11 is 0. The van der Waals surface area contributed by atoms with Crippen LogP contribution >= 0.6 is 0 Å². The molecule has 2 bridgehead atoms. The number of hydrogen-bond donors (Lipinski definition) is 2. The van der Waals surface area contributed by atoms with E-state index in [9.17, 15) is 29.4 Å². The average molecular weight is 559 g/mol. The van der Waals surface area contributed by atoms with Crippen LogP contribution in [0.15, 0.2) is 11.6 Å². The molecule has 12 atom stereocenters. The third kappa shape index (κ3) is 2.43. The Labute approximate surface area is 230 Å². The van der Waals surface area contributed by atoms with E-state index in [1.807, 2.05) is 20.8 Å². The van der Waals surface area contributed by atoms with Gasteiger partial charge in [-0.1, -0.05) is 19.9 Å². The normalized spacial score (nSPS) is 58.6. The van der Waals surface area contributed by atoms with Crippen LogP contribution in [0, 0.1) is 29.1 Å². The molecule has 6 saturated heterocycles. The molecular weight excluding hydrogens is 524 g/mol. The highest BCUT2D eigenvalue weighted by Crippen LogP contribution is 2.71. The van der Waals surface area contributed by atoms with Gasteiger partial charge >= 0.3 is 11.9 Å². The lowest BCUT2D eigenvalue weighted by molar-refractivity contribution is -0.340. The minimum Gasteiger partial charge on any atom is -0.457 e. The Hall–Kier alpha value is -2.18. The van der Waals surface area contributed by atoms with Gasteiger partial charge in [0.25, 0.3) is 0 Å². The Kier molecular flexibility index (Phi) is 4.29. The first-order valence-corrected chi connectivity index (χ1v) is 14.2. The second-order valence-corrected chi connectivity index (χ2v) is 14.4. The summed E-state index contributed by atoms with van der Waals surface area (Å²) < 4.78 is 31.2. The van der Waals surface area contributed by atoms with Gasteiger partial charge in [-0.15, -0.1) is 0 Å². The van der Waals surface area contributed by atoms with E-state index in [-0.39, 0.29) is 31.5 Å². The number of fused-ring (bicyclic) bond motifs is 2. The van der Waals surface area contributed by atoms with Gasteiger partial charge in [0, 0.05) is 41.1 Å². The summed E-state index contributed by atoms with van der Waals surface area (Å²) in [5.41, 5.74) is -6.47. The molecule has 3 spiro atoms. The maximum absolute atomic E-state index is 14.7. The molecule has 2 N–H and O–H groups in total. The largest absolute Gasteiger partial charge is 0.457 e. The number of carbonyl (C=O) groups excluding carboxylic acids is 4. The number of allylic oxidation sites excluding steroid dienone is 1. The van der Waals surface area contributed by atoms with Gasteiger partial charge in [-0.2, -0.15) is 0 Å². The molecule has 6 aliphatic heterocycles. The van der Waals surface area contributed by atoms with Crippen molar-refractivity contribution >= 4 is 23.5 Å². The Morgan fingerprint density at radius 1 is 1.00 bits per heavy atom. The van der Waals surface area contributed by atoms with Gasteiger partial charge in [0.05, 0.1) is 5.60 Å². The first-order valence-electron chi connectivity index (χ1n) is 14.2. The van der Waals surface area contributed by atoms with Crippen molar-refractivity contribution in [1.29, 1.82) is 0 Å². The van der Waals surface area contributed by atoms with Gasteiger partial charge < -0.3 is 33.9 Å². The number of rotatable bonds is 0. The summed E-state index contributed by atoms with van der Waals surface area (Å²) in [6, 6.07) is 0. The zero-order chi connectivity index (χ0) is 28.6. The summed E-state index contributed by atoms with van der Waals surface area (Å²) in [5, 5.41) is 22.9. The highest BCUT2D eigenvalue weighted by molar-refractivity contribution is 6.07. The van der Waals surface area contributed by atoms with Crippen LogP contribution in [0.5, 0.6) is 0 Å². The minimum atomic E-state index is -2.05. The van der Waals surface area contributed by atoms with E-state index in [1.54, 1.807) is 13.0 Å². The topological polar surface area (TPSA) is 155 Å². The Morgan fingerprint density at radius 2 is 1.73 bits per heavy atom. The maximum Gasteiger partial charge on any atom is 0.341 e. The fourth-order valence-electron chi connectivity index (χ4n) is 10.3. The van der Waals surface area contributed by atoms with Crippen LogP contribution in [0.1, 0.15) is 66.7 Å². The first-order chi connectivity index (χ1) is 18.5. The van der Waals surface area contributed by atoms with Crippen LogP contribution in [-0.2, 0) is 42.9 Å². The number of hydrogen-bond acceptors (Lipinski definition) is 11. The number of Topliss-reactive ketones (excluding diaryl/α,β-unsaturated/α-hetero) is 2. The SMILES string of the molecule is C[C@H]1C(=O)[C@@]2(C)CC[C@]34C[C@]56OC(=O)C[C@@]5(O)OC(C)(C)[C@@H]6CC=C3C(=O)[C@]3(O[C@H]5[C@H](OC(=O)[C@]5(C)O)[C@@H]1[C@H]32)O4. The molecule has 11 nitrogen and oxygen atoms in total. The molecule has 2 aliphatic carbocycles. The number of aliphatic hydroxyl groups is 2. The van der Waals surface area contributed by atoms with Gasteiger partial charge in [-0.3, -0.25) is 14.4 Å². The molecule has 0 aromatic carbocycles. The van der Waals surface area contributed by atoms with Gasteiger partial charge in [0.1, 0.15) is 30.0 Å². The van der Waals surface area contributed by atoms with Crippen LogP contribution in [0.3, 0.4) is 0 Å². The van der Waals surface area contributed by atoms with Crippen molar-refractivity contribution in [2.24, 2.45) is 29.1 Å². The average Bonchev–Trinajstić information content (AvgIpc) is 3.35. The van der Waals surface area contributed by atoms with Gasteiger partial charge in [0.15, 0.2) is 11.2 Å². The molecule has 0 radical (unpaired) electrons. The number of carbonyl (C=O) groups is 4. The van der Waals surface area contributed by atoms with E-state index in [0.717, 1.165) is 0 Å². The minimum absolute atomic E-state index is 0.0594. The van der Waals surface area contributed by atoms with Gasteiger partial charge in [-0.05, 0) is 40.0 Å². The maximum atomic E-state index is 14.7. The molecule has 0 aromatic heterocycles. The molecule has 0 unspecified atom stereocenters. The fraction of sp³-hybridized carbons (Fsp3) is 0.793. The molecule has 0 aromatic rings. The summed E-state index contributed by atoms with van der Waals surface area (Å²) in [7, 11) is 0. The zero-order valence-corrected chi connectivity index (χ0v) is 23.1. The first kappa shape index (κ1) is 25.5. The number of ketones is 2. The summed E-state index contributed by atoms with van der Waals surface area (Å²) in [5.74, 6) is -8.32. The van der Waals surface area contributed by atoms with Crippen LogP contribution in [-0.4, -0.2) is 79.9 Å². The summed E-state index contributed by atoms with van der Waals surface area (Å²) in [6.07, 6.45) is 0.0827. The molecule has 216 valence electrons. The monoisotopic (exact) mass is 558 g/mol. The Balaban J connectivity index is 1.34. The number of ether oxygens (including phenoxy) is 5. The van der Waals surface area contributed by atoms with Crippen molar-refractivity contribution in [2.75, 3.05) is 0 Å². The molecule has 6 heterocycles. The predicted molar refractivity (Wildman–Crippen MR) is 130 cm³/mol. The fourth-order valence-corrected chi connectivity index (χ4v) is 10.3. The highest BCUT2D eigenvalue weighted by atomic mass is 16.7. The smallest absolute Gasteiger partial charge is 0.341 e. The lowest BCUT2D eigenvalue weighted by atomic mass is 9.62. The van der Waals surface area contributed by atoms with E-state index in [2.05, 4.69) is 0 Å². The molecule has 7 fully saturated rings. The lowest BCUT2D eigenvalue weighted by Gasteiger charge is -2.50. The van der Waals surface area contributed by atoms with Crippen LogP contribution in [0.4, 0.5) is 0 Å². The standard InChI is InChI=1S/C29H34O11/c1-12-16-17-21(25(5,34)22(33)36-17)38-29-18(16)24(4,19(12)31)8-9-26(40-29)11-27-14(7-6-13(26)20(29)32)23(2,3)39-28(27,35)10-15(30)37-27/h6,12,14,16-18,21,34-35H,7-11H2,1-5H3/t12-,14+,16-,17-,18+,21+,24+,25-,26+,27-,28-,29-/m1/s1. The highest BCUT2D eigenvalue weighted by Gasteiger charge is 2.84. The predicted octanol–water partition coefficient (Wildman–Crippen LogP) is 0.867. The second kappa shape index (κ2) is 6.72. The molecule has 8 aliphatic rings. The van der Waals surface area contributed by atoms with E-state index < -0.39 is 93.0 Å². The van der Waals surface area contributed by atoms with Crippen molar-refractivity contribution in [3.8, 4) is 0 Å². The zero-order valence-electron chi connectivity index (χ0n) is 23.1. The van der Waals surface area contributed by atoms with Crippen molar-refractivity contribution in [2.45, 2.75) is 113 Å². The third-order valence-corrected chi connectivity index (χ3v) is 12.0. The van der Waals surface area contributed by atoms with Crippen molar-refractivity contribution in [1.82, 2.24) is 0 Å². The van der Waals surface area contributed by atoms with E-state index in [4.69, 9.17) is 23.7 Å². The third-order valence-electron chi connectivity index (χ3n) is 12.0. The van der Waals surface area contributed by atoms with Gasteiger partial charge in [-0.25, -0.2) is 4.79 Å². The molecule has 1 saturated carbocycles. The van der Waals surface area contributed by atoms with E-state index >= 15 is 0 Å².